The van der Waals surface area contributed by atoms with Crippen molar-refractivity contribution in [2.45, 2.75) is 89.9 Å². The first kappa shape index (κ1) is 40.5. The Balaban J connectivity index is 0.000000176. The molecule has 0 aliphatic heterocycles. The van der Waals surface area contributed by atoms with Crippen LogP contribution in [0.15, 0.2) is 89.4 Å². The predicted molar refractivity (Wildman–Crippen MR) is 224 cm³/mol. The molecule has 9 rings (SSSR count). The van der Waals surface area contributed by atoms with Crippen molar-refractivity contribution in [1.29, 1.82) is 0 Å². The van der Waals surface area contributed by atoms with Crippen molar-refractivity contribution in [2.75, 3.05) is 13.2 Å². The molecule has 0 amide bonds. The molecule has 0 unspecified atom stereocenters. The Morgan fingerprint density at radius 3 is 1.83 bits per heavy atom. The summed E-state index contributed by atoms with van der Waals surface area (Å²) in [6.07, 6.45) is 15.0. The number of aryl methyl sites for hydroxylation is 1. The standard InChI is InChI=1S/C25H27N5O4S.C18H21N5O2/c1-4-18-12-17(14-23(31)34-5-2)13-20(18)24-28-27-22-15-26-25-21(30(22)24)10-11-29(25)35(32,33)19-8-6-16(3)7-9-19;1-3-12-7-11(9-16(24)25-4-2)8-13(12)18-22-21-15-10-20-17-14(23(15)18)5-6-19-17/h6-11,14-15,18,20H,4-5,12-13H2,1-3H3;5-6,9-10,12-13,19H,3-4,7-8H2,1-2H3/t18-,20+;12-,13+/m11/s1. The molecule has 1 aromatic carbocycles. The highest BCUT2D eigenvalue weighted by Gasteiger charge is 2.36. The summed E-state index contributed by atoms with van der Waals surface area (Å²) < 4.78 is 42.0. The molecule has 0 bridgehead atoms. The first-order valence-corrected chi connectivity index (χ1v) is 21.9. The maximum atomic E-state index is 13.4. The van der Waals surface area contributed by atoms with Gasteiger partial charge in [0, 0.05) is 36.4 Å². The van der Waals surface area contributed by atoms with E-state index in [0.29, 0.717) is 42.4 Å². The molecule has 17 heteroatoms. The van der Waals surface area contributed by atoms with E-state index in [2.05, 4.69) is 53.6 Å². The number of esters is 2. The Labute approximate surface area is 346 Å². The second-order valence-corrected chi connectivity index (χ2v) is 17.2. The van der Waals surface area contributed by atoms with E-state index in [0.717, 1.165) is 77.3 Å². The lowest BCUT2D eigenvalue weighted by Crippen LogP contribution is -2.13. The van der Waals surface area contributed by atoms with Gasteiger partial charge in [-0.15, -0.1) is 20.4 Å². The molecule has 0 saturated heterocycles. The van der Waals surface area contributed by atoms with Crippen molar-refractivity contribution >= 4 is 55.6 Å². The fourth-order valence-corrected chi connectivity index (χ4v) is 10.1. The number of fused-ring (bicyclic) bond motifs is 6. The van der Waals surface area contributed by atoms with Crippen LogP contribution < -0.4 is 0 Å². The van der Waals surface area contributed by atoms with Crippen molar-refractivity contribution in [3.8, 4) is 0 Å². The minimum atomic E-state index is -3.83. The number of benzene rings is 1. The summed E-state index contributed by atoms with van der Waals surface area (Å²) in [6.45, 7) is 10.6. The number of ether oxygens (including phenoxy) is 2. The summed E-state index contributed by atoms with van der Waals surface area (Å²) >= 11 is 0. The molecule has 6 aromatic heterocycles. The number of aromatic nitrogens is 10. The maximum absolute atomic E-state index is 13.4. The van der Waals surface area contributed by atoms with Crippen molar-refractivity contribution in [2.24, 2.45) is 11.8 Å². The maximum Gasteiger partial charge on any atom is 0.330 e. The molecule has 7 aromatic rings. The molecule has 60 heavy (non-hydrogen) atoms. The largest absolute Gasteiger partial charge is 0.463 e. The number of hydrogen-bond donors (Lipinski definition) is 1. The van der Waals surface area contributed by atoms with Gasteiger partial charge in [0.25, 0.3) is 10.0 Å². The first-order valence-electron chi connectivity index (χ1n) is 20.5. The van der Waals surface area contributed by atoms with Gasteiger partial charge < -0.3 is 14.5 Å². The van der Waals surface area contributed by atoms with Crippen LogP contribution >= 0.6 is 0 Å². The Hall–Kier alpha value is -6.23. The van der Waals surface area contributed by atoms with Crippen molar-refractivity contribution in [3.05, 3.63) is 102 Å². The van der Waals surface area contributed by atoms with Gasteiger partial charge in [0.15, 0.2) is 22.6 Å². The molecule has 0 radical (unpaired) electrons. The lowest BCUT2D eigenvalue weighted by atomic mass is 9.93. The molecule has 2 saturated carbocycles. The molecule has 2 aliphatic carbocycles. The topological polar surface area (TPSA) is 194 Å². The molecule has 2 aliphatic rings. The summed E-state index contributed by atoms with van der Waals surface area (Å²) in [5, 5.41) is 17.6. The Bertz CT molecular complexity index is 2890. The van der Waals surface area contributed by atoms with Crippen molar-refractivity contribution < 1.29 is 27.5 Å². The van der Waals surface area contributed by atoms with E-state index >= 15 is 0 Å². The fraction of sp³-hybridized carbons (Fsp3) is 0.395. The second-order valence-electron chi connectivity index (χ2n) is 15.3. The number of aromatic amines is 1. The highest BCUT2D eigenvalue weighted by molar-refractivity contribution is 7.90. The zero-order chi connectivity index (χ0) is 42.1. The summed E-state index contributed by atoms with van der Waals surface area (Å²) in [7, 11) is -3.83. The average molecular weight is 833 g/mol. The number of H-pyrrole nitrogens is 1. The van der Waals surface area contributed by atoms with Gasteiger partial charge in [0.1, 0.15) is 11.6 Å². The summed E-state index contributed by atoms with van der Waals surface area (Å²) in [5.74, 6) is 2.11. The molecule has 2 fully saturated rings. The van der Waals surface area contributed by atoms with Gasteiger partial charge in [-0.25, -0.2) is 31.9 Å². The third-order valence-electron chi connectivity index (χ3n) is 11.7. The third-order valence-corrected chi connectivity index (χ3v) is 13.4. The molecule has 1 N–H and O–H groups in total. The average Bonchev–Trinajstić information content (AvgIpc) is 4.09. The van der Waals surface area contributed by atoms with Crippen LogP contribution in [0.2, 0.25) is 0 Å². The van der Waals surface area contributed by atoms with E-state index in [-0.39, 0.29) is 34.6 Å². The summed E-state index contributed by atoms with van der Waals surface area (Å²) in [4.78, 5) is 35.9. The van der Waals surface area contributed by atoms with E-state index in [1.165, 1.54) is 10.2 Å². The fourth-order valence-electron chi connectivity index (χ4n) is 8.77. The van der Waals surface area contributed by atoms with Crippen LogP contribution in [0.5, 0.6) is 0 Å². The van der Waals surface area contributed by atoms with Crippen molar-refractivity contribution in [3.63, 3.8) is 0 Å². The van der Waals surface area contributed by atoms with Crippen LogP contribution in [-0.2, 0) is 29.1 Å². The first-order chi connectivity index (χ1) is 29.0. The minimum absolute atomic E-state index is 0.0401. The third kappa shape index (κ3) is 7.57. The van der Waals surface area contributed by atoms with E-state index in [9.17, 15) is 18.0 Å². The van der Waals surface area contributed by atoms with Gasteiger partial charge in [-0.2, -0.15) is 0 Å². The summed E-state index contributed by atoms with van der Waals surface area (Å²) in [5.41, 5.74) is 7.18. The normalized spacial score (nSPS) is 20.8. The van der Waals surface area contributed by atoms with Gasteiger partial charge in [0.05, 0.1) is 41.5 Å². The monoisotopic (exact) mass is 832 g/mol. The molecule has 6 heterocycles. The van der Waals surface area contributed by atoms with Crippen molar-refractivity contribution in [1.82, 2.24) is 48.1 Å². The zero-order valence-corrected chi connectivity index (χ0v) is 35.1. The number of hydrogen-bond acceptors (Lipinski definition) is 12. The van der Waals surface area contributed by atoms with Crippen LogP contribution in [0.1, 0.15) is 95.3 Å². The highest BCUT2D eigenvalue weighted by Crippen LogP contribution is 2.45. The van der Waals surface area contributed by atoms with E-state index < -0.39 is 10.0 Å². The number of carbonyl (C=O) groups is 2. The van der Waals surface area contributed by atoms with Crippen LogP contribution in [0.25, 0.3) is 33.6 Å². The molecular weight excluding hydrogens is 785 g/mol. The molecule has 0 spiro atoms. The molecule has 4 atom stereocenters. The van der Waals surface area contributed by atoms with Gasteiger partial charge in [0.2, 0.25) is 0 Å². The number of rotatable bonds is 10. The number of carbonyl (C=O) groups excluding carboxylic acids is 2. The Kier molecular flexibility index (Phi) is 11.3. The minimum Gasteiger partial charge on any atom is -0.463 e. The lowest BCUT2D eigenvalue weighted by Gasteiger charge is -2.16. The van der Waals surface area contributed by atoms with Gasteiger partial charge in [-0.3, -0.25) is 8.80 Å². The van der Waals surface area contributed by atoms with E-state index in [1.54, 1.807) is 61.8 Å². The second kappa shape index (κ2) is 16.8. The molecular formula is C43H48N10O6S. The van der Waals surface area contributed by atoms with E-state index in [1.807, 2.05) is 30.5 Å². The molecule has 16 nitrogen and oxygen atoms in total. The number of nitrogens with zero attached hydrogens (tertiary/aromatic N) is 9. The van der Waals surface area contributed by atoms with Gasteiger partial charge >= 0.3 is 11.9 Å². The van der Waals surface area contributed by atoms with Gasteiger partial charge in [-0.05, 0) is 82.6 Å². The van der Waals surface area contributed by atoms with Crippen LogP contribution in [-0.4, -0.2) is 81.7 Å². The summed E-state index contributed by atoms with van der Waals surface area (Å²) in [6, 6.07) is 10.5. The number of nitrogens with one attached hydrogen (secondary N) is 1. The van der Waals surface area contributed by atoms with Crippen LogP contribution in [0.4, 0.5) is 0 Å². The quantitative estimate of drug-likeness (QED) is 0.110. The Morgan fingerprint density at radius 1 is 0.733 bits per heavy atom. The van der Waals surface area contributed by atoms with Crippen LogP contribution in [0.3, 0.4) is 0 Å². The number of allylic oxidation sites excluding steroid dienone is 2. The Morgan fingerprint density at radius 2 is 1.28 bits per heavy atom. The van der Waals surface area contributed by atoms with Crippen LogP contribution in [0, 0.1) is 18.8 Å². The lowest BCUT2D eigenvalue weighted by molar-refractivity contribution is -0.138. The predicted octanol–water partition coefficient (Wildman–Crippen LogP) is 7.02. The highest BCUT2D eigenvalue weighted by atomic mass is 32.2. The van der Waals surface area contributed by atoms with Gasteiger partial charge in [-0.1, -0.05) is 55.5 Å². The smallest absolute Gasteiger partial charge is 0.330 e. The van der Waals surface area contributed by atoms with E-state index in [4.69, 9.17) is 9.47 Å². The molecule has 312 valence electrons. The SMILES string of the molecule is CCOC(=O)C=C1C[C@@H](CC)[C@@H](c2nnc3cnc4[nH]ccc4n23)C1.CCOC(=O)C=C1C[C@@H](CC)[C@@H](c2nnc3cnc4c(ccn4S(=O)(=O)c4ccc(C)cc4)n23)C1. The zero-order valence-electron chi connectivity index (χ0n) is 34.3.